The van der Waals surface area contributed by atoms with E-state index < -0.39 is 5.41 Å². The Labute approximate surface area is 215 Å². The van der Waals surface area contributed by atoms with E-state index in [0.717, 1.165) is 44.5 Å². The lowest BCUT2D eigenvalue weighted by molar-refractivity contribution is -0.131. The monoisotopic (exact) mass is 486 g/mol. The summed E-state index contributed by atoms with van der Waals surface area (Å²) in [6.07, 6.45) is 0. The molecule has 5 aromatic rings. The summed E-state index contributed by atoms with van der Waals surface area (Å²) in [6, 6.07) is 35.1. The summed E-state index contributed by atoms with van der Waals surface area (Å²) in [6.45, 7) is 1.35. The minimum Gasteiger partial charge on any atom is -0.497 e. The molecule has 0 saturated heterocycles. The van der Waals surface area contributed by atoms with Crippen molar-refractivity contribution in [2.24, 2.45) is 0 Å². The number of hydrogen-bond acceptors (Lipinski definition) is 4. The van der Waals surface area contributed by atoms with Gasteiger partial charge in [-0.3, -0.25) is 4.79 Å². The van der Waals surface area contributed by atoms with Crippen molar-refractivity contribution in [2.75, 3.05) is 7.11 Å². The molecule has 1 N–H and O–H groups in total. The summed E-state index contributed by atoms with van der Waals surface area (Å²) in [5, 5.41) is 12.4. The number of fused-ring (bicyclic) bond motifs is 4. The zero-order chi connectivity index (χ0) is 25.6. The molecule has 4 heteroatoms. The average Bonchev–Trinajstić information content (AvgIpc) is 3.21. The molecular formula is C33H26O4. The van der Waals surface area contributed by atoms with Gasteiger partial charge in [0.2, 0.25) is 0 Å². The molecule has 6 rings (SSSR count). The molecule has 1 aliphatic rings. The highest BCUT2D eigenvalue weighted by Gasteiger charge is 2.46. The van der Waals surface area contributed by atoms with Crippen LogP contribution in [-0.2, 0) is 16.8 Å². The van der Waals surface area contributed by atoms with Gasteiger partial charge in [-0.1, -0.05) is 66.7 Å². The predicted octanol–water partition coefficient (Wildman–Crippen LogP) is 6.63. The summed E-state index contributed by atoms with van der Waals surface area (Å²) in [5.41, 5.74) is 6.90. The van der Waals surface area contributed by atoms with Crippen molar-refractivity contribution in [3.63, 3.8) is 0 Å². The third-order valence-corrected chi connectivity index (χ3v) is 7.32. The summed E-state index contributed by atoms with van der Waals surface area (Å²) in [7, 11) is 1.67. The largest absolute Gasteiger partial charge is 0.497 e. The fraction of sp³-hybridized carbons (Fsp3) is 0.121. The summed E-state index contributed by atoms with van der Waals surface area (Å²) in [5.74, 6) is 0.931. The van der Waals surface area contributed by atoms with Gasteiger partial charge in [0.25, 0.3) is 0 Å². The number of rotatable bonds is 5. The first-order valence-corrected chi connectivity index (χ1v) is 12.3. The second-order valence-electron chi connectivity index (χ2n) is 9.38. The molecule has 5 aromatic carbocycles. The van der Waals surface area contributed by atoms with Crippen LogP contribution in [0.15, 0.2) is 103 Å². The molecule has 0 heterocycles. The van der Waals surface area contributed by atoms with Gasteiger partial charge >= 0.3 is 5.97 Å². The third-order valence-electron chi connectivity index (χ3n) is 7.32. The number of ether oxygens (including phenoxy) is 2. The maximum Gasteiger partial charge on any atom is 0.308 e. The Kier molecular flexibility index (Phi) is 5.54. The van der Waals surface area contributed by atoms with E-state index in [-0.39, 0.29) is 12.6 Å². The first-order valence-electron chi connectivity index (χ1n) is 12.3. The fourth-order valence-electron chi connectivity index (χ4n) is 5.72. The van der Waals surface area contributed by atoms with Crippen LogP contribution in [0.25, 0.3) is 21.9 Å². The quantitative estimate of drug-likeness (QED) is 0.220. The minimum atomic E-state index is -0.652. The lowest BCUT2D eigenvalue weighted by Gasteiger charge is -2.34. The van der Waals surface area contributed by atoms with Gasteiger partial charge in [0, 0.05) is 6.92 Å². The number of methoxy groups -OCH3 is 1. The van der Waals surface area contributed by atoms with Crippen molar-refractivity contribution in [1.82, 2.24) is 0 Å². The van der Waals surface area contributed by atoms with E-state index in [1.54, 1.807) is 7.11 Å². The van der Waals surface area contributed by atoms with E-state index in [1.807, 2.05) is 42.5 Å². The number of aliphatic hydroxyl groups excluding tert-OH is 1. The van der Waals surface area contributed by atoms with E-state index >= 15 is 0 Å². The highest BCUT2D eigenvalue weighted by atomic mass is 16.5. The molecule has 4 nitrogen and oxygen atoms in total. The molecule has 1 aliphatic carbocycles. The number of benzene rings is 5. The van der Waals surface area contributed by atoms with Crippen LogP contribution in [-0.4, -0.2) is 18.2 Å². The van der Waals surface area contributed by atoms with Crippen molar-refractivity contribution >= 4 is 16.7 Å². The van der Waals surface area contributed by atoms with E-state index in [0.29, 0.717) is 5.75 Å². The van der Waals surface area contributed by atoms with Crippen molar-refractivity contribution in [2.45, 2.75) is 18.9 Å². The molecule has 0 aromatic heterocycles. The van der Waals surface area contributed by atoms with Gasteiger partial charge in [-0.2, -0.15) is 0 Å². The van der Waals surface area contributed by atoms with Crippen LogP contribution in [0.5, 0.6) is 11.5 Å². The van der Waals surface area contributed by atoms with Crippen LogP contribution in [0.2, 0.25) is 0 Å². The van der Waals surface area contributed by atoms with E-state index in [1.165, 1.54) is 17.9 Å². The van der Waals surface area contributed by atoms with Gasteiger partial charge in [0.05, 0.1) is 19.1 Å². The number of esters is 1. The summed E-state index contributed by atoms with van der Waals surface area (Å²) >= 11 is 0. The molecule has 0 fully saturated rings. The van der Waals surface area contributed by atoms with Crippen molar-refractivity contribution in [3.8, 4) is 22.6 Å². The molecule has 37 heavy (non-hydrogen) atoms. The highest BCUT2D eigenvalue weighted by Crippen LogP contribution is 2.57. The van der Waals surface area contributed by atoms with Crippen LogP contribution in [0.1, 0.15) is 34.7 Å². The maximum atomic E-state index is 11.6. The zero-order valence-corrected chi connectivity index (χ0v) is 20.7. The van der Waals surface area contributed by atoms with Crippen molar-refractivity contribution in [1.29, 1.82) is 0 Å². The van der Waals surface area contributed by atoms with E-state index in [2.05, 4.69) is 60.7 Å². The van der Waals surface area contributed by atoms with E-state index in [9.17, 15) is 9.90 Å². The lowest BCUT2D eigenvalue weighted by atomic mass is 9.67. The van der Waals surface area contributed by atoms with Crippen LogP contribution >= 0.6 is 0 Å². The topological polar surface area (TPSA) is 55.8 Å². The van der Waals surface area contributed by atoms with Gasteiger partial charge in [0.15, 0.2) is 0 Å². The number of aliphatic hydroxyl groups is 1. The average molecular weight is 487 g/mol. The standard InChI is InChI=1S/C33H26O4/c1-21(35)37-28-14-10-26(11-15-28)33(25-8-12-27(36-2)13-9-25)31-17-22(20-34)7-16-29(31)30-18-23-5-3-4-6-24(23)19-32(30)33/h3-19,34H,20H2,1-2H3. The molecular weight excluding hydrogens is 460 g/mol. The Balaban J connectivity index is 1.72. The third kappa shape index (κ3) is 3.61. The second kappa shape index (κ2) is 8.91. The molecule has 0 spiro atoms. The van der Waals surface area contributed by atoms with Crippen molar-refractivity contribution in [3.05, 3.63) is 131 Å². The van der Waals surface area contributed by atoms with Crippen LogP contribution in [0.3, 0.4) is 0 Å². The molecule has 0 amide bonds. The maximum absolute atomic E-state index is 11.6. The molecule has 1 atom stereocenters. The normalized spacial score (nSPS) is 15.8. The highest BCUT2D eigenvalue weighted by molar-refractivity contribution is 5.96. The van der Waals surface area contributed by atoms with Crippen LogP contribution in [0, 0.1) is 0 Å². The first-order chi connectivity index (χ1) is 18.0. The van der Waals surface area contributed by atoms with Gasteiger partial charge < -0.3 is 14.6 Å². The number of hydrogen-bond donors (Lipinski definition) is 1. The molecule has 0 radical (unpaired) electrons. The Bertz CT molecular complexity index is 1630. The van der Waals surface area contributed by atoms with Crippen LogP contribution < -0.4 is 9.47 Å². The fourth-order valence-corrected chi connectivity index (χ4v) is 5.72. The van der Waals surface area contributed by atoms with Gasteiger partial charge in [-0.05, 0) is 86.1 Å². The van der Waals surface area contributed by atoms with Gasteiger partial charge in [-0.25, -0.2) is 0 Å². The predicted molar refractivity (Wildman–Crippen MR) is 145 cm³/mol. The smallest absolute Gasteiger partial charge is 0.308 e. The minimum absolute atomic E-state index is 0.0459. The number of carbonyl (C=O) groups excluding carboxylic acids is 1. The van der Waals surface area contributed by atoms with Gasteiger partial charge in [0.1, 0.15) is 11.5 Å². The molecule has 0 bridgehead atoms. The van der Waals surface area contributed by atoms with Crippen LogP contribution in [0.4, 0.5) is 0 Å². The van der Waals surface area contributed by atoms with E-state index in [4.69, 9.17) is 9.47 Å². The molecule has 1 unspecified atom stereocenters. The first kappa shape index (κ1) is 23.0. The zero-order valence-electron chi connectivity index (χ0n) is 20.7. The Morgan fingerprint density at radius 2 is 1.32 bits per heavy atom. The Morgan fingerprint density at radius 3 is 1.92 bits per heavy atom. The molecule has 0 aliphatic heterocycles. The van der Waals surface area contributed by atoms with Crippen molar-refractivity contribution < 1.29 is 19.4 Å². The molecule has 0 saturated carbocycles. The Hall–Kier alpha value is -4.41. The second-order valence-corrected chi connectivity index (χ2v) is 9.38. The lowest BCUT2D eigenvalue weighted by Crippen LogP contribution is -2.28. The Morgan fingerprint density at radius 1 is 0.730 bits per heavy atom. The summed E-state index contributed by atoms with van der Waals surface area (Å²) in [4.78, 5) is 11.6. The number of carbonyl (C=O) groups is 1. The molecule has 182 valence electrons. The van der Waals surface area contributed by atoms with Gasteiger partial charge in [-0.15, -0.1) is 0 Å². The SMILES string of the molecule is COc1ccc(C2(c3ccc(OC(C)=O)cc3)c3cc(CO)ccc3-c3cc4ccccc4cc32)cc1. The summed E-state index contributed by atoms with van der Waals surface area (Å²) < 4.78 is 10.8.